The van der Waals surface area contributed by atoms with Crippen molar-refractivity contribution in [2.24, 2.45) is 11.7 Å². The lowest BCUT2D eigenvalue weighted by atomic mass is 10.0. The van der Waals surface area contributed by atoms with E-state index >= 15 is 0 Å². The van der Waals surface area contributed by atoms with E-state index in [0.717, 1.165) is 30.5 Å². The second-order valence-electron chi connectivity index (χ2n) is 5.80. The van der Waals surface area contributed by atoms with Gasteiger partial charge >= 0.3 is 0 Å². The van der Waals surface area contributed by atoms with Crippen molar-refractivity contribution < 1.29 is 9.47 Å². The molecular formula is C17H28N2O2. The van der Waals surface area contributed by atoms with Crippen molar-refractivity contribution in [3.05, 3.63) is 23.8 Å². The fourth-order valence-corrected chi connectivity index (χ4v) is 3.35. The molecule has 0 saturated carbocycles. The van der Waals surface area contributed by atoms with Crippen molar-refractivity contribution in [1.82, 2.24) is 4.90 Å². The monoisotopic (exact) mass is 292 g/mol. The summed E-state index contributed by atoms with van der Waals surface area (Å²) in [7, 11) is 3.33. The molecule has 0 radical (unpaired) electrons. The molecule has 2 atom stereocenters. The third-order valence-electron chi connectivity index (χ3n) is 4.47. The molecule has 0 bridgehead atoms. The topological polar surface area (TPSA) is 47.7 Å². The number of likely N-dealkylation sites (tertiary alicyclic amines) is 1. The summed E-state index contributed by atoms with van der Waals surface area (Å²) in [6.07, 6.45) is 3.87. The number of ether oxygens (including phenoxy) is 2. The van der Waals surface area contributed by atoms with Gasteiger partial charge in [-0.15, -0.1) is 0 Å². The molecule has 1 aromatic rings. The summed E-state index contributed by atoms with van der Waals surface area (Å²) >= 11 is 0. The fraction of sp³-hybridized carbons (Fsp3) is 0.647. The van der Waals surface area contributed by atoms with E-state index in [0.29, 0.717) is 6.54 Å². The Morgan fingerprint density at radius 2 is 2.05 bits per heavy atom. The Kier molecular flexibility index (Phi) is 5.88. The summed E-state index contributed by atoms with van der Waals surface area (Å²) < 4.78 is 10.7. The molecular weight excluding hydrogens is 264 g/mol. The summed E-state index contributed by atoms with van der Waals surface area (Å²) in [5.41, 5.74) is 7.27. The van der Waals surface area contributed by atoms with Crippen LogP contribution in [0, 0.1) is 5.92 Å². The quantitative estimate of drug-likeness (QED) is 0.839. The summed E-state index contributed by atoms with van der Waals surface area (Å²) in [6.45, 7) is 5.19. The van der Waals surface area contributed by atoms with Crippen LogP contribution in [0.2, 0.25) is 0 Å². The van der Waals surface area contributed by atoms with Crippen molar-refractivity contribution in [2.75, 3.05) is 33.9 Å². The van der Waals surface area contributed by atoms with E-state index in [9.17, 15) is 0 Å². The average Bonchev–Trinajstić information content (AvgIpc) is 2.96. The van der Waals surface area contributed by atoms with Crippen LogP contribution in [0.1, 0.15) is 37.8 Å². The van der Waals surface area contributed by atoms with Crippen molar-refractivity contribution in [3.8, 4) is 11.5 Å². The van der Waals surface area contributed by atoms with Crippen molar-refractivity contribution in [2.45, 2.75) is 32.2 Å². The van der Waals surface area contributed by atoms with Crippen LogP contribution in [0.15, 0.2) is 18.2 Å². The predicted molar refractivity (Wildman–Crippen MR) is 85.9 cm³/mol. The van der Waals surface area contributed by atoms with Crippen LogP contribution >= 0.6 is 0 Å². The number of nitrogens with two attached hydrogens (primary N) is 1. The zero-order chi connectivity index (χ0) is 15.2. The molecule has 0 spiro atoms. The maximum absolute atomic E-state index is 6.05. The van der Waals surface area contributed by atoms with E-state index in [-0.39, 0.29) is 6.04 Å². The molecule has 0 amide bonds. The second kappa shape index (κ2) is 7.66. The van der Waals surface area contributed by atoms with Gasteiger partial charge in [0.25, 0.3) is 0 Å². The Morgan fingerprint density at radius 1 is 1.29 bits per heavy atom. The molecule has 2 unspecified atom stereocenters. The molecule has 0 aromatic heterocycles. The molecule has 2 N–H and O–H groups in total. The summed E-state index contributed by atoms with van der Waals surface area (Å²) in [5, 5.41) is 0. The highest BCUT2D eigenvalue weighted by atomic mass is 16.5. The Balaban J connectivity index is 2.14. The van der Waals surface area contributed by atoms with Crippen LogP contribution < -0.4 is 15.2 Å². The molecule has 1 aliphatic heterocycles. The van der Waals surface area contributed by atoms with Gasteiger partial charge in [-0.25, -0.2) is 0 Å². The van der Waals surface area contributed by atoms with E-state index in [2.05, 4.69) is 24.0 Å². The van der Waals surface area contributed by atoms with Crippen molar-refractivity contribution in [1.29, 1.82) is 0 Å². The van der Waals surface area contributed by atoms with E-state index in [1.807, 2.05) is 6.07 Å². The minimum absolute atomic E-state index is 0.270. The first-order chi connectivity index (χ1) is 10.2. The van der Waals surface area contributed by atoms with Gasteiger partial charge in [0, 0.05) is 19.1 Å². The number of methoxy groups -OCH3 is 2. The zero-order valence-electron chi connectivity index (χ0n) is 13.5. The van der Waals surface area contributed by atoms with Gasteiger partial charge < -0.3 is 15.2 Å². The molecule has 1 aromatic carbocycles. The number of hydrogen-bond donors (Lipinski definition) is 1. The Labute approximate surface area is 128 Å². The largest absolute Gasteiger partial charge is 0.493 e. The molecule has 21 heavy (non-hydrogen) atoms. The Hall–Kier alpha value is -1.26. The first-order valence-electron chi connectivity index (χ1n) is 7.89. The van der Waals surface area contributed by atoms with Gasteiger partial charge in [-0.05, 0) is 43.0 Å². The zero-order valence-corrected chi connectivity index (χ0v) is 13.5. The third kappa shape index (κ3) is 3.69. The Morgan fingerprint density at radius 3 is 2.67 bits per heavy atom. The van der Waals surface area contributed by atoms with Gasteiger partial charge in [0.05, 0.1) is 14.2 Å². The number of nitrogens with zero attached hydrogens (tertiary/aromatic N) is 1. The van der Waals surface area contributed by atoms with Gasteiger partial charge in [0.1, 0.15) is 0 Å². The lowest BCUT2D eigenvalue weighted by molar-refractivity contribution is 0.239. The molecule has 2 rings (SSSR count). The normalized spacial score (nSPS) is 20.5. The maximum atomic E-state index is 6.05. The molecule has 1 saturated heterocycles. The molecule has 1 aliphatic rings. The van der Waals surface area contributed by atoms with E-state index in [1.165, 1.54) is 24.8 Å². The first kappa shape index (κ1) is 16.1. The lowest BCUT2D eigenvalue weighted by Gasteiger charge is -2.27. The number of hydrogen-bond acceptors (Lipinski definition) is 4. The fourth-order valence-electron chi connectivity index (χ4n) is 3.35. The smallest absolute Gasteiger partial charge is 0.161 e. The summed E-state index contributed by atoms with van der Waals surface area (Å²) in [5.74, 6) is 2.37. The number of rotatable bonds is 7. The van der Waals surface area contributed by atoms with Crippen LogP contribution in [0.5, 0.6) is 11.5 Å². The SMILES string of the molecule is CCCC1CCN(C(CN)c2ccc(OC)c(OC)c2)C1. The van der Waals surface area contributed by atoms with Crippen molar-refractivity contribution >= 4 is 0 Å². The predicted octanol–water partition coefficient (Wildman–Crippen LogP) is 2.83. The summed E-state index contributed by atoms with van der Waals surface area (Å²) in [6, 6.07) is 6.40. The molecule has 118 valence electrons. The van der Waals surface area contributed by atoms with Gasteiger partial charge in [-0.1, -0.05) is 19.4 Å². The van der Waals surface area contributed by atoms with Gasteiger partial charge in [0.15, 0.2) is 11.5 Å². The Bertz CT molecular complexity index is 450. The van der Waals surface area contributed by atoms with E-state index < -0.39 is 0 Å². The summed E-state index contributed by atoms with van der Waals surface area (Å²) in [4.78, 5) is 2.52. The van der Waals surface area contributed by atoms with Crippen LogP contribution in [0.3, 0.4) is 0 Å². The van der Waals surface area contributed by atoms with Crippen LogP contribution in [-0.4, -0.2) is 38.8 Å². The minimum atomic E-state index is 0.270. The lowest BCUT2D eigenvalue weighted by Crippen LogP contribution is -2.32. The third-order valence-corrected chi connectivity index (χ3v) is 4.47. The van der Waals surface area contributed by atoms with Crippen LogP contribution in [0.4, 0.5) is 0 Å². The van der Waals surface area contributed by atoms with Gasteiger partial charge in [0.2, 0.25) is 0 Å². The van der Waals surface area contributed by atoms with Gasteiger partial charge in [-0.3, -0.25) is 4.90 Å². The maximum Gasteiger partial charge on any atom is 0.161 e. The molecule has 4 nitrogen and oxygen atoms in total. The highest BCUT2D eigenvalue weighted by Gasteiger charge is 2.28. The van der Waals surface area contributed by atoms with E-state index in [4.69, 9.17) is 15.2 Å². The van der Waals surface area contributed by atoms with E-state index in [1.54, 1.807) is 14.2 Å². The van der Waals surface area contributed by atoms with Crippen LogP contribution in [0.25, 0.3) is 0 Å². The average molecular weight is 292 g/mol. The standard InChI is InChI=1S/C17H28N2O2/c1-4-5-13-8-9-19(12-13)15(11-18)14-6-7-16(20-2)17(10-14)21-3/h6-7,10,13,15H,4-5,8-9,11-12,18H2,1-3H3. The minimum Gasteiger partial charge on any atom is -0.493 e. The van der Waals surface area contributed by atoms with Crippen LogP contribution in [-0.2, 0) is 0 Å². The molecule has 1 heterocycles. The van der Waals surface area contributed by atoms with Gasteiger partial charge in [-0.2, -0.15) is 0 Å². The highest BCUT2D eigenvalue weighted by molar-refractivity contribution is 5.44. The molecule has 0 aliphatic carbocycles. The second-order valence-corrected chi connectivity index (χ2v) is 5.80. The molecule has 4 heteroatoms. The van der Waals surface area contributed by atoms with Crippen molar-refractivity contribution in [3.63, 3.8) is 0 Å². The number of benzene rings is 1. The highest BCUT2D eigenvalue weighted by Crippen LogP contribution is 2.34. The first-order valence-corrected chi connectivity index (χ1v) is 7.89. The molecule has 1 fully saturated rings.